The van der Waals surface area contributed by atoms with E-state index in [1.54, 1.807) is 0 Å². The summed E-state index contributed by atoms with van der Waals surface area (Å²) in [4.78, 5) is 37.2. The number of hydrogen-bond acceptors (Lipinski definition) is 3. The van der Waals surface area contributed by atoms with Crippen LogP contribution < -0.4 is 5.32 Å². The summed E-state index contributed by atoms with van der Waals surface area (Å²) in [6.07, 6.45) is 9.52. The summed E-state index contributed by atoms with van der Waals surface area (Å²) in [6, 6.07) is 18.3. The molecule has 0 fully saturated rings. The first-order chi connectivity index (χ1) is 15.1. The van der Waals surface area contributed by atoms with Gasteiger partial charge in [-0.3, -0.25) is 9.13 Å². The van der Waals surface area contributed by atoms with E-state index in [2.05, 4.69) is 53.9 Å². The van der Waals surface area contributed by atoms with Crippen LogP contribution in [-0.2, 0) is 9.13 Å². The second-order valence-electron chi connectivity index (χ2n) is 7.97. The van der Waals surface area contributed by atoms with Crippen LogP contribution in [0, 0.1) is 0 Å². The molecule has 1 aliphatic rings. The third-order valence-corrected chi connectivity index (χ3v) is 9.52. The van der Waals surface area contributed by atoms with Crippen molar-refractivity contribution in [1.29, 1.82) is 0 Å². The van der Waals surface area contributed by atoms with Crippen LogP contribution in [0.1, 0.15) is 41.9 Å². The molecule has 0 amide bonds. The Kier molecular flexibility index (Phi) is 8.43. The van der Waals surface area contributed by atoms with E-state index in [1.807, 2.05) is 30.3 Å². The maximum atomic E-state index is 11.5. The van der Waals surface area contributed by atoms with Gasteiger partial charge in [0.15, 0.2) is 5.40 Å². The van der Waals surface area contributed by atoms with Gasteiger partial charge in [-0.25, -0.2) is 0 Å². The molecule has 5 N–H and O–H groups in total. The summed E-state index contributed by atoms with van der Waals surface area (Å²) in [5, 5.41) is 1.28. The molecule has 0 saturated heterocycles. The van der Waals surface area contributed by atoms with Crippen LogP contribution in [0.5, 0.6) is 0 Å². The molecule has 9 heteroatoms. The number of rotatable bonds is 9. The summed E-state index contributed by atoms with van der Waals surface area (Å²) >= 11 is 0. The number of hydrogen-bond donors (Lipinski definition) is 5. The van der Waals surface area contributed by atoms with Crippen molar-refractivity contribution in [2.24, 2.45) is 0 Å². The minimum absolute atomic E-state index is 0.0138. The van der Waals surface area contributed by atoms with Crippen molar-refractivity contribution in [2.45, 2.75) is 36.6 Å². The van der Waals surface area contributed by atoms with E-state index < -0.39 is 20.6 Å². The topological polar surface area (TPSA) is 127 Å². The fourth-order valence-electron chi connectivity index (χ4n) is 3.95. The van der Waals surface area contributed by atoms with Gasteiger partial charge in [0.2, 0.25) is 0 Å². The summed E-state index contributed by atoms with van der Waals surface area (Å²) in [6.45, 7) is 0.105. The molecule has 0 heterocycles. The van der Waals surface area contributed by atoms with E-state index in [0.717, 1.165) is 29.5 Å². The molecule has 0 radical (unpaired) electrons. The van der Waals surface area contributed by atoms with E-state index in [0.29, 0.717) is 0 Å². The van der Waals surface area contributed by atoms with Gasteiger partial charge < -0.3 is 24.9 Å². The molecule has 2 aromatic rings. The fourth-order valence-corrected chi connectivity index (χ4v) is 6.45. The van der Waals surface area contributed by atoms with Crippen LogP contribution in [0.3, 0.4) is 0 Å². The molecule has 0 aliphatic heterocycles. The Morgan fingerprint density at radius 1 is 0.844 bits per heavy atom. The summed E-state index contributed by atoms with van der Waals surface area (Å²) < 4.78 is 23.0. The lowest BCUT2D eigenvalue weighted by Gasteiger charge is -2.30. The molecular formula is C23H29NO6P2. The molecule has 7 nitrogen and oxygen atoms in total. The molecule has 2 atom stereocenters. The minimum Gasteiger partial charge on any atom is -0.324 e. The van der Waals surface area contributed by atoms with Crippen LogP contribution in [0.4, 0.5) is 0 Å². The van der Waals surface area contributed by atoms with Crippen molar-refractivity contribution in [1.82, 2.24) is 5.32 Å². The highest BCUT2D eigenvalue weighted by atomic mass is 31.2. The van der Waals surface area contributed by atoms with E-state index in [-0.39, 0.29) is 24.9 Å². The average molecular weight is 477 g/mol. The lowest BCUT2D eigenvalue weighted by atomic mass is 9.83. The number of nitrogens with one attached hydrogen (secondary N) is 1. The van der Waals surface area contributed by atoms with Crippen LogP contribution in [0.2, 0.25) is 0 Å². The first-order valence-corrected chi connectivity index (χ1v) is 13.8. The van der Waals surface area contributed by atoms with Crippen molar-refractivity contribution >= 4 is 27.3 Å². The van der Waals surface area contributed by atoms with Crippen LogP contribution >= 0.6 is 15.2 Å². The Morgan fingerprint density at radius 3 is 2.00 bits per heavy atom. The molecule has 0 aromatic heterocycles. The highest BCUT2D eigenvalue weighted by molar-refractivity contribution is 7.70. The summed E-state index contributed by atoms with van der Waals surface area (Å²) in [7, 11) is -9.80. The summed E-state index contributed by atoms with van der Waals surface area (Å²) in [5.41, 5.74) is 3.35. The third kappa shape index (κ3) is 7.09. The fraction of sp³-hybridized carbons (Fsp3) is 0.304. The molecule has 0 saturated carbocycles. The predicted octanol–water partition coefficient (Wildman–Crippen LogP) is 4.32. The van der Waals surface area contributed by atoms with Gasteiger partial charge in [-0.2, -0.15) is 0 Å². The van der Waals surface area contributed by atoms with Crippen molar-refractivity contribution in [3.8, 4) is 0 Å². The first-order valence-electron chi connectivity index (χ1n) is 10.5. The Bertz CT molecular complexity index is 1000. The molecule has 1 aliphatic carbocycles. The Balaban J connectivity index is 1.64. The second-order valence-corrected chi connectivity index (χ2v) is 12.0. The molecule has 2 unspecified atom stereocenters. The molecule has 0 spiro atoms. The smallest absolute Gasteiger partial charge is 0.324 e. The Hall–Kier alpha value is -1.82. The first kappa shape index (κ1) is 24.8. The maximum absolute atomic E-state index is 11.5. The Labute approximate surface area is 188 Å². The van der Waals surface area contributed by atoms with Crippen molar-refractivity contribution in [2.75, 3.05) is 6.54 Å². The molecule has 2 aromatic carbocycles. The maximum Gasteiger partial charge on any atom is 0.340 e. The van der Waals surface area contributed by atoms with Gasteiger partial charge in [-0.05, 0) is 42.5 Å². The van der Waals surface area contributed by atoms with Crippen molar-refractivity contribution < 1.29 is 28.7 Å². The van der Waals surface area contributed by atoms with Gasteiger partial charge in [-0.1, -0.05) is 78.9 Å². The van der Waals surface area contributed by atoms with Crippen LogP contribution in [-0.4, -0.2) is 37.6 Å². The zero-order valence-corrected chi connectivity index (χ0v) is 19.4. The lowest BCUT2D eigenvalue weighted by molar-refractivity contribution is 0.331. The molecule has 3 rings (SSSR count). The van der Waals surface area contributed by atoms with Gasteiger partial charge in [-0.15, -0.1) is 0 Å². The normalized spacial score (nSPS) is 19.7. The highest BCUT2D eigenvalue weighted by Crippen LogP contribution is 2.61. The van der Waals surface area contributed by atoms with Crippen LogP contribution in [0.25, 0.3) is 12.2 Å². The quantitative estimate of drug-likeness (QED) is 0.207. The van der Waals surface area contributed by atoms with Gasteiger partial charge >= 0.3 is 15.2 Å². The van der Waals surface area contributed by atoms with E-state index in [9.17, 15) is 28.7 Å². The monoisotopic (exact) mass is 477 g/mol. The van der Waals surface area contributed by atoms with Crippen molar-refractivity contribution in [3.05, 3.63) is 83.4 Å². The molecule has 172 valence electrons. The zero-order valence-electron chi connectivity index (χ0n) is 17.6. The van der Waals surface area contributed by atoms with E-state index >= 15 is 0 Å². The van der Waals surface area contributed by atoms with E-state index in [1.165, 1.54) is 0 Å². The minimum atomic E-state index is -4.90. The molecular weight excluding hydrogens is 448 g/mol. The lowest BCUT2D eigenvalue weighted by Crippen LogP contribution is -2.37. The van der Waals surface area contributed by atoms with Gasteiger partial charge in [0.1, 0.15) is 0 Å². The number of benzene rings is 2. The van der Waals surface area contributed by atoms with Crippen molar-refractivity contribution in [3.63, 3.8) is 0 Å². The second kappa shape index (κ2) is 10.9. The van der Waals surface area contributed by atoms with Gasteiger partial charge in [0.05, 0.1) is 0 Å². The van der Waals surface area contributed by atoms with E-state index in [4.69, 9.17) is 0 Å². The Morgan fingerprint density at radius 2 is 1.41 bits per heavy atom. The standard InChI is InChI=1S/C23H29NO6P2/c25-31(26,27)23(32(28,29)30)16-17-24-22-9-5-4-8-21(22)20-14-12-19(13-15-20)11-10-18-6-2-1-3-7-18/h1-7,10-15,21-24H,8-9,16-17H2,(H2,25,26,27)(H2,28,29,30)/b11-10+. The zero-order chi connectivity index (χ0) is 23.2. The predicted molar refractivity (Wildman–Crippen MR) is 127 cm³/mol. The highest BCUT2D eigenvalue weighted by Gasteiger charge is 2.42. The summed E-state index contributed by atoms with van der Waals surface area (Å²) in [5.74, 6) is 0.163. The van der Waals surface area contributed by atoms with Gasteiger partial charge in [0, 0.05) is 12.0 Å². The largest absolute Gasteiger partial charge is 0.340 e. The third-order valence-electron chi connectivity index (χ3n) is 5.65. The van der Waals surface area contributed by atoms with Gasteiger partial charge in [0.25, 0.3) is 0 Å². The number of allylic oxidation sites excluding steroid dienone is 1. The molecule has 0 bridgehead atoms. The SMILES string of the molecule is O=P(O)(O)C(CCNC1CC=CCC1c1ccc(/C=C/c2ccccc2)cc1)P(=O)(O)O. The molecule has 32 heavy (non-hydrogen) atoms. The average Bonchev–Trinajstić information content (AvgIpc) is 2.75. The van der Waals surface area contributed by atoms with Crippen LogP contribution in [0.15, 0.2) is 66.7 Å².